The Morgan fingerprint density at radius 1 is 1.04 bits per heavy atom. The molecule has 1 unspecified atom stereocenters. The van der Waals surface area contributed by atoms with Crippen molar-refractivity contribution in [1.82, 2.24) is 0 Å². The fourth-order valence-electron chi connectivity index (χ4n) is 2.31. The van der Waals surface area contributed by atoms with Gasteiger partial charge in [0.1, 0.15) is 0 Å². The van der Waals surface area contributed by atoms with Crippen molar-refractivity contribution in [3.63, 3.8) is 0 Å². The zero-order chi connectivity index (χ0) is 17.5. The number of benzene rings is 2. The summed E-state index contributed by atoms with van der Waals surface area (Å²) in [4.78, 5) is 24.4. The van der Waals surface area contributed by atoms with Gasteiger partial charge in [0.05, 0.1) is 0 Å². The lowest BCUT2D eigenvalue weighted by Crippen LogP contribution is -2.20. The van der Waals surface area contributed by atoms with Crippen LogP contribution in [0.4, 0.5) is 11.4 Å². The molecule has 0 fully saturated rings. The summed E-state index contributed by atoms with van der Waals surface area (Å²) in [6.45, 7) is 3.69. The molecule has 0 saturated carbocycles. The molecular formula is C19H23N3O2. The Balaban J connectivity index is 2.09. The molecule has 0 aromatic heterocycles. The molecule has 0 spiro atoms. The van der Waals surface area contributed by atoms with Gasteiger partial charge in [-0.15, -0.1) is 0 Å². The molecule has 0 aliphatic carbocycles. The van der Waals surface area contributed by atoms with Gasteiger partial charge in [0.15, 0.2) is 0 Å². The Bertz CT molecular complexity index is 712. The third kappa shape index (κ3) is 4.93. The maximum Gasteiger partial charge on any atom is 0.256 e. The van der Waals surface area contributed by atoms with Crippen LogP contribution in [0, 0.1) is 6.92 Å². The number of hydrogen-bond donors (Lipinski definition) is 3. The zero-order valence-electron chi connectivity index (χ0n) is 14.0. The highest BCUT2D eigenvalue weighted by Crippen LogP contribution is 2.20. The molecular weight excluding hydrogens is 302 g/mol. The van der Waals surface area contributed by atoms with Crippen LogP contribution in [0.15, 0.2) is 48.5 Å². The van der Waals surface area contributed by atoms with Crippen molar-refractivity contribution in [1.29, 1.82) is 0 Å². The number of hydrogen-bond acceptors (Lipinski definition) is 3. The SMILES string of the molecule is Cc1c(NC(=O)CCC(C)N)cccc1C(=O)Nc1ccccc1. The van der Waals surface area contributed by atoms with Crippen molar-refractivity contribution < 1.29 is 9.59 Å². The van der Waals surface area contributed by atoms with Gasteiger partial charge in [-0.05, 0) is 50.1 Å². The van der Waals surface area contributed by atoms with Crippen LogP contribution in [-0.4, -0.2) is 17.9 Å². The fraction of sp³-hybridized carbons (Fsp3) is 0.263. The van der Waals surface area contributed by atoms with E-state index < -0.39 is 0 Å². The van der Waals surface area contributed by atoms with Crippen LogP contribution in [0.3, 0.4) is 0 Å². The van der Waals surface area contributed by atoms with E-state index in [2.05, 4.69) is 10.6 Å². The van der Waals surface area contributed by atoms with Crippen molar-refractivity contribution >= 4 is 23.2 Å². The van der Waals surface area contributed by atoms with Crippen LogP contribution >= 0.6 is 0 Å². The van der Waals surface area contributed by atoms with Crippen LogP contribution in [0.2, 0.25) is 0 Å². The smallest absolute Gasteiger partial charge is 0.256 e. The van der Waals surface area contributed by atoms with E-state index in [4.69, 9.17) is 5.73 Å². The van der Waals surface area contributed by atoms with Crippen molar-refractivity contribution in [2.75, 3.05) is 10.6 Å². The van der Waals surface area contributed by atoms with Gasteiger partial charge in [-0.25, -0.2) is 0 Å². The maximum atomic E-state index is 12.4. The number of carbonyl (C=O) groups excluding carboxylic acids is 2. The summed E-state index contributed by atoms with van der Waals surface area (Å²) in [6, 6.07) is 14.5. The van der Waals surface area contributed by atoms with E-state index in [0.29, 0.717) is 24.1 Å². The summed E-state index contributed by atoms with van der Waals surface area (Å²) in [6.07, 6.45) is 0.983. The molecule has 0 aliphatic heterocycles. The van der Waals surface area contributed by atoms with Gasteiger partial charge in [-0.1, -0.05) is 24.3 Å². The Kier molecular flexibility index (Phi) is 6.09. The monoisotopic (exact) mass is 325 g/mol. The molecule has 1 atom stereocenters. The molecule has 5 nitrogen and oxygen atoms in total. The lowest BCUT2D eigenvalue weighted by Gasteiger charge is -2.13. The van der Waals surface area contributed by atoms with Crippen molar-refractivity contribution in [2.45, 2.75) is 32.7 Å². The lowest BCUT2D eigenvalue weighted by atomic mass is 10.1. The summed E-state index contributed by atoms with van der Waals surface area (Å²) in [7, 11) is 0. The molecule has 0 saturated heterocycles. The Hall–Kier alpha value is -2.66. The molecule has 126 valence electrons. The van der Waals surface area contributed by atoms with Crippen LogP contribution in [-0.2, 0) is 4.79 Å². The highest BCUT2D eigenvalue weighted by atomic mass is 16.2. The predicted octanol–water partition coefficient (Wildman–Crippen LogP) is 3.31. The third-order valence-corrected chi connectivity index (χ3v) is 3.71. The second-order valence-corrected chi connectivity index (χ2v) is 5.86. The average Bonchev–Trinajstić information content (AvgIpc) is 2.55. The third-order valence-electron chi connectivity index (χ3n) is 3.71. The van der Waals surface area contributed by atoms with Gasteiger partial charge in [-0.2, -0.15) is 0 Å². The summed E-state index contributed by atoms with van der Waals surface area (Å²) in [5.74, 6) is -0.304. The maximum absolute atomic E-state index is 12.4. The molecule has 4 N–H and O–H groups in total. The number of para-hydroxylation sites is 1. The van der Waals surface area contributed by atoms with Crippen molar-refractivity contribution in [2.24, 2.45) is 5.73 Å². The van der Waals surface area contributed by atoms with Gasteiger partial charge >= 0.3 is 0 Å². The van der Waals surface area contributed by atoms with Crippen molar-refractivity contribution in [3.05, 3.63) is 59.7 Å². The molecule has 0 aliphatic rings. The van der Waals surface area contributed by atoms with E-state index in [-0.39, 0.29) is 17.9 Å². The first kappa shape index (κ1) is 17.7. The van der Waals surface area contributed by atoms with Gasteiger partial charge in [0.25, 0.3) is 5.91 Å². The number of rotatable bonds is 6. The molecule has 0 bridgehead atoms. The van der Waals surface area contributed by atoms with Gasteiger partial charge in [0.2, 0.25) is 5.91 Å². The molecule has 2 amide bonds. The van der Waals surface area contributed by atoms with E-state index >= 15 is 0 Å². The molecule has 0 heterocycles. The molecule has 2 aromatic rings. The second kappa shape index (κ2) is 8.26. The second-order valence-electron chi connectivity index (χ2n) is 5.86. The highest BCUT2D eigenvalue weighted by Gasteiger charge is 2.13. The minimum atomic E-state index is -0.203. The molecule has 5 heteroatoms. The van der Waals surface area contributed by atoms with Crippen LogP contribution in [0.25, 0.3) is 0 Å². The van der Waals surface area contributed by atoms with E-state index in [1.807, 2.05) is 44.2 Å². The van der Waals surface area contributed by atoms with Crippen molar-refractivity contribution in [3.8, 4) is 0 Å². The Labute approximate surface area is 142 Å². The largest absolute Gasteiger partial charge is 0.328 e. The molecule has 2 aromatic carbocycles. The number of amides is 2. The number of nitrogens with two attached hydrogens (primary N) is 1. The summed E-state index contributed by atoms with van der Waals surface area (Å²) >= 11 is 0. The zero-order valence-corrected chi connectivity index (χ0v) is 14.0. The van der Waals surface area contributed by atoms with E-state index in [9.17, 15) is 9.59 Å². The summed E-state index contributed by atoms with van der Waals surface area (Å²) in [5, 5.41) is 5.70. The highest BCUT2D eigenvalue weighted by molar-refractivity contribution is 6.06. The normalized spacial score (nSPS) is 11.6. The quantitative estimate of drug-likeness (QED) is 0.762. The first-order valence-corrected chi connectivity index (χ1v) is 7.99. The van der Waals surface area contributed by atoms with E-state index in [1.165, 1.54) is 0 Å². The summed E-state index contributed by atoms with van der Waals surface area (Å²) in [5.41, 5.74) is 8.31. The predicted molar refractivity (Wildman–Crippen MR) is 97.1 cm³/mol. The molecule has 0 radical (unpaired) electrons. The van der Waals surface area contributed by atoms with Gasteiger partial charge < -0.3 is 16.4 Å². The number of nitrogens with one attached hydrogen (secondary N) is 2. The van der Waals surface area contributed by atoms with E-state index in [0.717, 1.165) is 11.3 Å². The topological polar surface area (TPSA) is 84.2 Å². The first-order valence-electron chi connectivity index (χ1n) is 7.99. The van der Waals surface area contributed by atoms with Gasteiger partial charge in [0, 0.05) is 29.4 Å². The Morgan fingerprint density at radius 2 is 1.75 bits per heavy atom. The summed E-state index contributed by atoms with van der Waals surface area (Å²) < 4.78 is 0. The minimum absolute atomic E-state index is 0.0140. The number of carbonyl (C=O) groups is 2. The van der Waals surface area contributed by atoms with Crippen LogP contribution in [0.5, 0.6) is 0 Å². The fourth-order valence-corrected chi connectivity index (χ4v) is 2.31. The Morgan fingerprint density at radius 3 is 2.42 bits per heavy atom. The first-order chi connectivity index (χ1) is 11.5. The molecule has 2 rings (SSSR count). The van der Waals surface area contributed by atoms with E-state index in [1.54, 1.807) is 18.2 Å². The van der Waals surface area contributed by atoms with Gasteiger partial charge in [-0.3, -0.25) is 9.59 Å². The van der Waals surface area contributed by atoms with Crippen LogP contribution < -0.4 is 16.4 Å². The average molecular weight is 325 g/mol. The number of anilines is 2. The van der Waals surface area contributed by atoms with Crippen LogP contribution in [0.1, 0.15) is 35.7 Å². The minimum Gasteiger partial charge on any atom is -0.328 e. The standard InChI is InChI=1S/C19H23N3O2/c1-13(20)11-12-18(23)22-17-10-6-9-16(14(17)2)19(24)21-15-7-4-3-5-8-15/h3-10,13H,11-12,20H2,1-2H3,(H,21,24)(H,22,23). The molecule has 24 heavy (non-hydrogen) atoms. The lowest BCUT2D eigenvalue weighted by molar-refractivity contribution is -0.116.